The Balaban J connectivity index is 1.57. The molecule has 4 rings (SSSR count). The normalized spacial score (nSPS) is 16.3. The van der Waals surface area contributed by atoms with Crippen molar-refractivity contribution in [3.05, 3.63) is 45.6 Å². The number of carbonyl (C=O) groups excluding carboxylic acids is 3. The number of ether oxygens (including phenoxy) is 4. The molecule has 0 unspecified atom stereocenters. The van der Waals surface area contributed by atoms with E-state index in [1.54, 1.807) is 25.2 Å². The van der Waals surface area contributed by atoms with E-state index in [1.807, 2.05) is 32.9 Å². The first-order valence-corrected chi connectivity index (χ1v) is 15.1. The van der Waals surface area contributed by atoms with Gasteiger partial charge in [0.25, 0.3) is 0 Å². The van der Waals surface area contributed by atoms with Gasteiger partial charge in [0.2, 0.25) is 23.0 Å². The van der Waals surface area contributed by atoms with Gasteiger partial charge in [-0.2, -0.15) is 0 Å². The molecule has 3 N–H and O–H groups in total. The van der Waals surface area contributed by atoms with Crippen molar-refractivity contribution < 1.29 is 33.3 Å². The number of anilines is 1. The molecule has 0 radical (unpaired) electrons. The second-order valence-electron chi connectivity index (χ2n) is 12.3. The molecule has 244 valence electrons. The van der Waals surface area contributed by atoms with Crippen LogP contribution in [0.3, 0.4) is 0 Å². The van der Waals surface area contributed by atoms with E-state index < -0.39 is 17.7 Å². The van der Waals surface area contributed by atoms with Crippen LogP contribution in [-0.2, 0) is 20.7 Å². The Bertz CT molecular complexity index is 1500. The molecule has 1 aliphatic heterocycles. The number of nitrogens with one attached hydrogen (secondary N) is 3. The number of hydrogen-bond donors (Lipinski definition) is 3. The lowest BCUT2D eigenvalue weighted by Gasteiger charge is -2.33. The summed E-state index contributed by atoms with van der Waals surface area (Å²) in [5.41, 5.74) is 2.36. The molecule has 2 aromatic carbocycles. The van der Waals surface area contributed by atoms with E-state index in [0.29, 0.717) is 67.1 Å². The number of nitrogens with zero attached hydrogens (tertiary/aromatic N) is 1. The van der Waals surface area contributed by atoms with Crippen LogP contribution in [0.25, 0.3) is 11.1 Å². The van der Waals surface area contributed by atoms with Crippen molar-refractivity contribution in [3.8, 4) is 28.4 Å². The summed E-state index contributed by atoms with van der Waals surface area (Å²) in [5, 5.41) is 8.89. The fourth-order valence-corrected chi connectivity index (χ4v) is 5.88. The van der Waals surface area contributed by atoms with E-state index >= 15 is 0 Å². The zero-order valence-corrected chi connectivity index (χ0v) is 27.1. The van der Waals surface area contributed by atoms with E-state index in [9.17, 15) is 19.2 Å². The monoisotopic (exact) mass is 624 g/mol. The summed E-state index contributed by atoms with van der Waals surface area (Å²) >= 11 is 0. The van der Waals surface area contributed by atoms with Crippen molar-refractivity contribution in [1.29, 1.82) is 0 Å². The topological polar surface area (TPSA) is 145 Å². The molecule has 1 atom stereocenters. The van der Waals surface area contributed by atoms with Gasteiger partial charge < -0.3 is 39.8 Å². The van der Waals surface area contributed by atoms with Crippen LogP contribution in [0.1, 0.15) is 64.1 Å². The molecule has 1 saturated heterocycles. The van der Waals surface area contributed by atoms with Crippen molar-refractivity contribution in [2.45, 2.75) is 71.1 Å². The summed E-state index contributed by atoms with van der Waals surface area (Å²) < 4.78 is 22.4. The van der Waals surface area contributed by atoms with Crippen molar-refractivity contribution in [3.63, 3.8) is 0 Å². The van der Waals surface area contributed by atoms with E-state index in [4.69, 9.17) is 18.9 Å². The fraction of sp³-hybridized carbons (Fsp3) is 0.515. The minimum atomic E-state index is -0.583. The van der Waals surface area contributed by atoms with Crippen molar-refractivity contribution >= 4 is 23.6 Å². The maximum Gasteiger partial charge on any atom is 0.407 e. The smallest absolute Gasteiger partial charge is 0.407 e. The predicted octanol–water partition coefficient (Wildman–Crippen LogP) is 3.79. The lowest BCUT2D eigenvalue weighted by molar-refractivity contribution is -0.130. The first kappa shape index (κ1) is 33.4. The number of benzene rings is 1. The Labute approximate surface area is 263 Å². The first-order chi connectivity index (χ1) is 21.3. The summed E-state index contributed by atoms with van der Waals surface area (Å²) in [5.74, 6) is 1.03. The molecule has 0 saturated carbocycles. The molecule has 12 nitrogen and oxygen atoms in total. The van der Waals surface area contributed by atoms with Crippen LogP contribution in [0, 0.1) is 0 Å². The summed E-state index contributed by atoms with van der Waals surface area (Å²) in [6, 6.07) is 6.36. The quantitative estimate of drug-likeness (QED) is 0.400. The first-order valence-electron chi connectivity index (χ1n) is 15.1. The van der Waals surface area contributed by atoms with Crippen LogP contribution in [0.2, 0.25) is 0 Å². The summed E-state index contributed by atoms with van der Waals surface area (Å²) in [6.45, 7) is 7.74. The molecule has 2 aliphatic rings. The molecule has 0 aromatic heterocycles. The van der Waals surface area contributed by atoms with Gasteiger partial charge in [0, 0.05) is 31.6 Å². The molecule has 1 aliphatic carbocycles. The maximum absolute atomic E-state index is 13.5. The van der Waals surface area contributed by atoms with Crippen LogP contribution < -0.4 is 35.6 Å². The van der Waals surface area contributed by atoms with Gasteiger partial charge in [-0.15, -0.1) is 0 Å². The molecule has 45 heavy (non-hydrogen) atoms. The average Bonchev–Trinajstić information content (AvgIpc) is 3.22. The molecule has 2 aromatic rings. The van der Waals surface area contributed by atoms with E-state index in [-0.39, 0.29) is 35.5 Å². The number of aryl methyl sites for hydroxylation is 1. The Hall–Kier alpha value is -4.48. The predicted molar refractivity (Wildman–Crippen MR) is 170 cm³/mol. The molecule has 0 bridgehead atoms. The van der Waals surface area contributed by atoms with Gasteiger partial charge in [0.15, 0.2) is 11.5 Å². The average molecular weight is 625 g/mol. The number of carbonyl (C=O) groups is 3. The molecule has 0 spiro atoms. The van der Waals surface area contributed by atoms with Gasteiger partial charge in [-0.25, -0.2) is 4.79 Å². The van der Waals surface area contributed by atoms with Gasteiger partial charge >= 0.3 is 6.09 Å². The lowest BCUT2D eigenvalue weighted by atomic mass is 9.95. The SMILES string of the molecule is COc1cc2c(c(OC)c1OC)-c1ccc(NCC(=O)N3CCC(NC(=O)OC(C)(C)C)CC3)c(=O)cc1[C@H](NC(C)=O)CC2. The fourth-order valence-electron chi connectivity index (χ4n) is 5.88. The van der Waals surface area contributed by atoms with Gasteiger partial charge in [0.1, 0.15) is 5.60 Å². The van der Waals surface area contributed by atoms with Crippen molar-refractivity contribution in [2.24, 2.45) is 0 Å². The second kappa shape index (κ2) is 14.1. The minimum absolute atomic E-state index is 0.0753. The largest absolute Gasteiger partial charge is 0.493 e. The number of hydrogen-bond acceptors (Lipinski definition) is 9. The summed E-state index contributed by atoms with van der Waals surface area (Å²) in [6.07, 6.45) is 1.87. The third-order valence-corrected chi connectivity index (χ3v) is 7.91. The van der Waals surface area contributed by atoms with E-state index in [2.05, 4.69) is 16.0 Å². The number of alkyl carbamates (subject to hydrolysis) is 1. The van der Waals surface area contributed by atoms with Crippen molar-refractivity contribution in [1.82, 2.24) is 15.5 Å². The molecular weight excluding hydrogens is 580 g/mol. The van der Waals surface area contributed by atoms with E-state index in [0.717, 1.165) is 11.1 Å². The second-order valence-corrected chi connectivity index (χ2v) is 12.3. The Morgan fingerprint density at radius 1 is 0.933 bits per heavy atom. The Morgan fingerprint density at radius 3 is 2.22 bits per heavy atom. The number of likely N-dealkylation sites (tertiary alicyclic amines) is 1. The third-order valence-electron chi connectivity index (χ3n) is 7.91. The highest BCUT2D eigenvalue weighted by Crippen LogP contribution is 2.50. The van der Waals surface area contributed by atoms with Crippen LogP contribution in [0.15, 0.2) is 29.1 Å². The van der Waals surface area contributed by atoms with Gasteiger partial charge in [0.05, 0.1) is 39.6 Å². The highest BCUT2D eigenvalue weighted by Gasteiger charge is 2.30. The van der Waals surface area contributed by atoms with Gasteiger partial charge in [-0.1, -0.05) is 6.07 Å². The van der Waals surface area contributed by atoms with Gasteiger partial charge in [-0.05, 0) is 81.3 Å². The van der Waals surface area contributed by atoms with E-state index in [1.165, 1.54) is 20.1 Å². The number of piperidine rings is 1. The lowest BCUT2D eigenvalue weighted by Crippen LogP contribution is -2.48. The van der Waals surface area contributed by atoms with Crippen LogP contribution >= 0.6 is 0 Å². The molecular formula is C33H44N4O8. The number of rotatable bonds is 8. The number of fused-ring (bicyclic) bond motifs is 3. The highest BCUT2D eigenvalue weighted by molar-refractivity contribution is 5.84. The van der Waals surface area contributed by atoms with Crippen LogP contribution in [-0.4, -0.2) is 75.4 Å². The summed E-state index contributed by atoms with van der Waals surface area (Å²) in [7, 11) is 4.63. The van der Waals surface area contributed by atoms with Gasteiger partial charge in [-0.3, -0.25) is 14.4 Å². The van der Waals surface area contributed by atoms with Crippen LogP contribution in [0.4, 0.5) is 10.5 Å². The molecule has 1 heterocycles. The zero-order chi connectivity index (χ0) is 32.9. The third kappa shape index (κ3) is 7.98. The zero-order valence-electron chi connectivity index (χ0n) is 27.1. The maximum atomic E-state index is 13.5. The van der Waals surface area contributed by atoms with Crippen LogP contribution in [0.5, 0.6) is 17.2 Å². The Morgan fingerprint density at radius 2 is 1.62 bits per heavy atom. The number of amides is 3. The molecule has 3 amide bonds. The number of methoxy groups -OCH3 is 3. The molecule has 1 fully saturated rings. The summed E-state index contributed by atoms with van der Waals surface area (Å²) in [4.78, 5) is 52.6. The highest BCUT2D eigenvalue weighted by atomic mass is 16.6. The standard InChI is InChI=1S/C33H44N4O8/c1-19(38)35-24-10-8-20-16-27(42-5)30(43-6)31(44-7)29(20)22-9-11-25(26(39)17-23(22)24)34-18-28(40)37-14-12-21(13-15-37)36-32(41)45-33(2,3)4/h9,11,16-17,21,24H,8,10,12-15,18H2,1-7H3,(H,34,39)(H,35,38)(H,36,41)/t24-/m1/s1. The minimum Gasteiger partial charge on any atom is -0.493 e. The Kier molecular flexibility index (Phi) is 10.5. The van der Waals surface area contributed by atoms with Crippen molar-refractivity contribution in [2.75, 3.05) is 46.3 Å². The molecule has 12 heteroatoms.